The van der Waals surface area contributed by atoms with Crippen LogP contribution in [0, 0.1) is 0 Å². The van der Waals surface area contributed by atoms with Crippen LogP contribution in [-0.4, -0.2) is 33.2 Å². The zero-order valence-electron chi connectivity index (χ0n) is 7.78. The molecule has 3 N–H and O–H groups in total. The number of rotatable bonds is 6. The maximum Gasteiger partial charge on any atom is 0.492 e. The fraction of sp³-hybridized carbons (Fsp3) is 0.800. The summed E-state index contributed by atoms with van der Waals surface area (Å²) < 4.78 is 20.5. The van der Waals surface area contributed by atoms with Gasteiger partial charge in [-0.05, 0) is 13.8 Å². The maximum atomic E-state index is 11.5. The zero-order valence-corrected chi connectivity index (χ0v) is 9.57. The van der Waals surface area contributed by atoms with E-state index >= 15 is 0 Å². The van der Waals surface area contributed by atoms with Crippen LogP contribution < -0.4 is 0 Å². The van der Waals surface area contributed by atoms with Gasteiger partial charge in [0, 0.05) is 0 Å². The Balaban J connectivity index is 4.83. The molecule has 0 aromatic carbocycles. The van der Waals surface area contributed by atoms with Crippen LogP contribution in [0.15, 0.2) is 0 Å². The highest BCUT2D eigenvalue weighted by Crippen LogP contribution is 2.65. The second-order valence-electron chi connectivity index (χ2n) is 2.18. The van der Waals surface area contributed by atoms with Gasteiger partial charge in [-0.3, -0.25) is 0 Å². The average molecular weight is 247 g/mol. The van der Waals surface area contributed by atoms with Crippen molar-refractivity contribution in [3.63, 3.8) is 0 Å². The van der Waals surface area contributed by atoms with Crippen LogP contribution in [-0.2, 0) is 13.6 Å². The first-order valence-electron chi connectivity index (χ1n) is 3.79. The third-order valence-electron chi connectivity index (χ3n) is 1.09. The second-order valence-corrected chi connectivity index (χ2v) is 6.00. The van der Waals surface area contributed by atoms with Gasteiger partial charge in [-0.1, -0.05) is 0 Å². The summed E-state index contributed by atoms with van der Waals surface area (Å²) in [6.45, 7) is 2.68. The Morgan fingerprint density at radius 3 is 1.79 bits per heavy atom. The van der Waals surface area contributed by atoms with E-state index in [1.807, 2.05) is 0 Å². The van der Waals surface area contributed by atoms with Crippen molar-refractivity contribution < 1.29 is 33.1 Å². The van der Waals surface area contributed by atoms with Crippen LogP contribution in [0.25, 0.3) is 0 Å². The van der Waals surface area contributed by atoms with E-state index in [9.17, 15) is 9.36 Å². The summed E-state index contributed by atoms with van der Waals surface area (Å²) in [5, 5.41) is -1.69. The molecule has 0 bridgehead atoms. The maximum absolute atomic E-state index is 11.5. The van der Waals surface area contributed by atoms with E-state index < -0.39 is 20.8 Å². The molecule has 9 heteroatoms. The van der Waals surface area contributed by atoms with Crippen molar-refractivity contribution in [3.8, 4) is 0 Å². The molecule has 0 aromatic heterocycles. The van der Waals surface area contributed by atoms with Crippen LogP contribution in [0.2, 0.25) is 0 Å². The van der Waals surface area contributed by atoms with E-state index in [-0.39, 0.29) is 13.2 Å². The summed E-state index contributed by atoms with van der Waals surface area (Å²) >= 11 is 0. The minimum atomic E-state index is -4.84. The molecule has 0 unspecified atom stereocenters. The van der Waals surface area contributed by atoms with Crippen molar-refractivity contribution >= 4 is 20.8 Å². The lowest BCUT2D eigenvalue weighted by atomic mass is 10.9. The molecule has 0 saturated carbocycles. The highest BCUT2D eigenvalue weighted by Gasteiger charge is 2.57. The lowest BCUT2D eigenvalue weighted by Crippen LogP contribution is -2.09. The minimum absolute atomic E-state index is 0.108. The van der Waals surface area contributed by atoms with Crippen LogP contribution in [0.1, 0.15) is 13.8 Å². The molecular formula is C5H13O7P2+. The zero-order chi connectivity index (χ0) is 11.4. The van der Waals surface area contributed by atoms with Gasteiger partial charge in [0.15, 0.2) is 0 Å². The van der Waals surface area contributed by atoms with Crippen LogP contribution in [0.3, 0.4) is 0 Å². The van der Waals surface area contributed by atoms with Crippen molar-refractivity contribution in [3.05, 3.63) is 0 Å². The van der Waals surface area contributed by atoms with Gasteiger partial charge in [0.2, 0.25) is 0 Å². The first-order valence-corrected chi connectivity index (χ1v) is 6.98. The molecule has 14 heavy (non-hydrogen) atoms. The summed E-state index contributed by atoms with van der Waals surface area (Å²) in [6, 6.07) is 0. The molecule has 0 radical (unpaired) electrons. The topological polar surface area (TPSA) is 113 Å². The first kappa shape index (κ1) is 14.1. The smallest absolute Gasteiger partial charge is 0.301 e. The predicted molar refractivity (Wildman–Crippen MR) is 49.8 cm³/mol. The van der Waals surface area contributed by atoms with Crippen molar-refractivity contribution in [1.82, 2.24) is 0 Å². The standard InChI is InChI=1S/C5H13O7P2/c1-3-11-14(10,12-4-2)5(6)13(7,8)9/h7-9H,3-4H2,1-2H3/q+1. The van der Waals surface area contributed by atoms with Crippen molar-refractivity contribution in [2.75, 3.05) is 13.2 Å². The van der Waals surface area contributed by atoms with E-state index in [4.69, 9.17) is 14.7 Å². The molecule has 0 spiro atoms. The van der Waals surface area contributed by atoms with E-state index in [0.29, 0.717) is 0 Å². The van der Waals surface area contributed by atoms with Gasteiger partial charge in [0.1, 0.15) is 0 Å². The van der Waals surface area contributed by atoms with Gasteiger partial charge < -0.3 is 9.05 Å². The van der Waals surface area contributed by atoms with Crippen molar-refractivity contribution in [2.45, 2.75) is 13.8 Å². The van der Waals surface area contributed by atoms with E-state index in [1.54, 1.807) is 0 Å². The molecule has 0 fully saturated rings. The number of hydrogen-bond acceptors (Lipinski definition) is 7. The molecule has 0 aromatic rings. The molecule has 0 rings (SSSR count). The molecule has 0 aliphatic rings. The lowest BCUT2D eigenvalue weighted by Gasteiger charge is -2.13. The normalized spacial score (nSPS) is 12.9. The fourth-order valence-electron chi connectivity index (χ4n) is 0.652. The summed E-state index contributed by atoms with van der Waals surface area (Å²) in [5.74, 6) is 0. The van der Waals surface area contributed by atoms with Crippen molar-refractivity contribution in [2.24, 2.45) is 0 Å². The summed E-state index contributed by atoms with van der Waals surface area (Å²) in [6.07, 6.45) is 0. The van der Waals surface area contributed by atoms with Crippen LogP contribution in [0.4, 0.5) is 4.79 Å². The molecule has 0 aliphatic carbocycles. The number of carbonyl (C=O) groups is 1. The lowest BCUT2D eigenvalue weighted by molar-refractivity contribution is 0.210. The Morgan fingerprint density at radius 1 is 1.21 bits per heavy atom. The van der Waals surface area contributed by atoms with Crippen LogP contribution in [0.5, 0.6) is 0 Å². The fourth-order valence-corrected chi connectivity index (χ4v) is 3.29. The van der Waals surface area contributed by atoms with Gasteiger partial charge in [-0.2, -0.15) is 14.7 Å². The second kappa shape index (κ2) is 5.28. The molecule has 84 valence electrons. The molecule has 0 aliphatic heterocycles. The van der Waals surface area contributed by atoms with Gasteiger partial charge in [0.25, 0.3) is 0 Å². The minimum Gasteiger partial charge on any atom is -0.301 e. The van der Waals surface area contributed by atoms with Gasteiger partial charge in [-0.25, -0.2) is 9.36 Å². The van der Waals surface area contributed by atoms with Gasteiger partial charge in [-0.15, -0.1) is 0 Å². The quantitative estimate of drug-likeness (QED) is 0.602. The number of carbonyl (C=O) groups excluding carboxylic acids is 1. The third kappa shape index (κ3) is 3.71. The molecule has 0 saturated heterocycles. The average Bonchev–Trinajstić information content (AvgIpc) is 2.02. The Bertz CT molecular complexity index is 235. The largest absolute Gasteiger partial charge is 0.492 e. The van der Waals surface area contributed by atoms with Gasteiger partial charge in [0.05, 0.1) is 13.2 Å². The molecule has 0 heterocycles. The Hall–Kier alpha value is 0.130. The van der Waals surface area contributed by atoms with E-state index in [0.717, 1.165) is 0 Å². The summed E-state index contributed by atoms with van der Waals surface area (Å²) in [7, 11) is -9.11. The molecule has 7 nitrogen and oxygen atoms in total. The molecule has 0 amide bonds. The SMILES string of the molecule is CCOP(=O)(OCC)C(=O)[P+](O)(O)O. The van der Waals surface area contributed by atoms with E-state index in [1.165, 1.54) is 13.8 Å². The highest BCUT2D eigenvalue weighted by molar-refractivity contribution is 8.00. The molecule has 0 atom stereocenters. The van der Waals surface area contributed by atoms with E-state index in [2.05, 4.69) is 9.05 Å². The van der Waals surface area contributed by atoms with Crippen molar-refractivity contribution in [1.29, 1.82) is 0 Å². The van der Waals surface area contributed by atoms with Crippen LogP contribution >= 0.6 is 15.5 Å². The first-order chi connectivity index (χ1) is 6.28. The third-order valence-corrected chi connectivity index (χ3v) is 4.81. The number of hydrogen-bond donors (Lipinski definition) is 3. The van der Waals surface area contributed by atoms with Gasteiger partial charge >= 0.3 is 20.8 Å². The molecular weight excluding hydrogens is 234 g/mol. The highest BCUT2D eigenvalue weighted by atomic mass is 31.3. The Labute approximate surface area is 81.8 Å². The predicted octanol–water partition coefficient (Wildman–Crippen LogP) is 1.11. The monoisotopic (exact) mass is 247 g/mol. The summed E-state index contributed by atoms with van der Waals surface area (Å²) in [5.41, 5.74) is 0. The Kier molecular flexibility index (Phi) is 5.33. The summed E-state index contributed by atoms with van der Waals surface area (Å²) in [4.78, 5) is 36.9. The Morgan fingerprint density at radius 2 is 1.57 bits per heavy atom.